The van der Waals surface area contributed by atoms with Gasteiger partial charge in [0.05, 0.1) is 10.0 Å². The standard InChI is InChI=1S/C17H17Cl3N2OS/c1-11(10-24-14-5-2-12(18)3-6-14)9-21-17(23)22-13-4-7-15(19)16(20)8-13/h2-8,11H,9-10H2,1H3,(H2,21,22,23)/t11-/m1/s1. The number of amides is 2. The van der Waals surface area contributed by atoms with E-state index < -0.39 is 0 Å². The molecule has 24 heavy (non-hydrogen) atoms. The molecule has 0 aromatic heterocycles. The molecule has 2 rings (SSSR count). The summed E-state index contributed by atoms with van der Waals surface area (Å²) in [6, 6.07) is 12.4. The second-order valence-corrected chi connectivity index (χ2v) is 7.68. The van der Waals surface area contributed by atoms with E-state index >= 15 is 0 Å². The Kier molecular flexibility index (Phi) is 7.56. The van der Waals surface area contributed by atoms with Crippen molar-refractivity contribution in [1.82, 2.24) is 5.32 Å². The van der Waals surface area contributed by atoms with Crippen molar-refractivity contribution in [2.24, 2.45) is 5.92 Å². The lowest BCUT2D eigenvalue weighted by Gasteiger charge is -2.13. The number of rotatable bonds is 6. The molecule has 0 radical (unpaired) electrons. The van der Waals surface area contributed by atoms with E-state index in [4.69, 9.17) is 34.8 Å². The highest BCUT2D eigenvalue weighted by Gasteiger charge is 2.08. The zero-order valence-corrected chi connectivity index (χ0v) is 16.1. The number of hydrogen-bond donors (Lipinski definition) is 2. The molecule has 0 saturated carbocycles. The molecule has 0 spiro atoms. The Morgan fingerprint density at radius 3 is 2.46 bits per heavy atom. The highest BCUT2D eigenvalue weighted by molar-refractivity contribution is 7.99. The minimum absolute atomic E-state index is 0.267. The fourth-order valence-electron chi connectivity index (χ4n) is 1.84. The predicted octanol–water partition coefficient (Wildman–Crippen LogP) is 6.20. The van der Waals surface area contributed by atoms with Gasteiger partial charge in [0, 0.05) is 27.9 Å². The molecule has 0 aliphatic rings. The molecule has 7 heteroatoms. The molecule has 0 aliphatic heterocycles. The van der Waals surface area contributed by atoms with Crippen LogP contribution < -0.4 is 10.6 Å². The Labute approximate surface area is 161 Å². The lowest BCUT2D eigenvalue weighted by atomic mass is 10.2. The molecular weight excluding hydrogens is 387 g/mol. The Morgan fingerprint density at radius 1 is 1.08 bits per heavy atom. The maximum absolute atomic E-state index is 11.9. The molecule has 2 amide bonds. The van der Waals surface area contributed by atoms with Gasteiger partial charge >= 0.3 is 6.03 Å². The molecule has 0 fully saturated rings. The van der Waals surface area contributed by atoms with Gasteiger partial charge in [0.15, 0.2) is 0 Å². The highest BCUT2D eigenvalue weighted by Crippen LogP contribution is 2.25. The SMILES string of the molecule is C[C@H](CNC(=O)Nc1ccc(Cl)c(Cl)c1)CSc1ccc(Cl)cc1. The van der Waals surface area contributed by atoms with Crippen molar-refractivity contribution >= 4 is 58.3 Å². The van der Waals surface area contributed by atoms with E-state index in [9.17, 15) is 4.79 Å². The van der Waals surface area contributed by atoms with Crippen LogP contribution >= 0.6 is 46.6 Å². The minimum Gasteiger partial charge on any atom is -0.338 e. The molecular formula is C17H17Cl3N2OS. The van der Waals surface area contributed by atoms with Crippen LogP contribution in [0.3, 0.4) is 0 Å². The average molecular weight is 404 g/mol. The quantitative estimate of drug-likeness (QED) is 0.564. The van der Waals surface area contributed by atoms with Gasteiger partial charge in [0.25, 0.3) is 0 Å². The molecule has 0 saturated heterocycles. The van der Waals surface area contributed by atoms with Crippen molar-refractivity contribution in [1.29, 1.82) is 0 Å². The van der Waals surface area contributed by atoms with Crippen LogP contribution in [0.25, 0.3) is 0 Å². The molecule has 0 bridgehead atoms. The van der Waals surface area contributed by atoms with Crippen molar-refractivity contribution in [3.63, 3.8) is 0 Å². The van der Waals surface area contributed by atoms with E-state index in [1.54, 1.807) is 30.0 Å². The monoisotopic (exact) mass is 402 g/mol. The number of halogens is 3. The largest absolute Gasteiger partial charge is 0.338 e. The van der Waals surface area contributed by atoms with Crippen LogP contribution in [0.2, 0.25) is 15.1 Å². The van der Waals surface area contributed by atoms with Crippen molar-refractivity contribution in [3.8, 4) is 0 Å². The number of thioether (sulfide) groups is 1. The van der Waals surface area contributed by atoms with Gasteiger partial charge in [-0.15, -0.1) is 11.8 Å². The first-order valence-corrected chi connectivity index (χ1v) is 9.44. The summed E-state index contributed by atoms with van der Waals surface area (Å²) >= 11 is 19.4. The summed E-state index contributed by atoms with van der Waals surface area (Å²) in [7, 11) is 0. The minimum atomic E-state index is -0.267. The first kappa shape index (κ1) is 19.3. The zero-order chi connectivity index (χ0) is 17.5. The zero-order valence-electron chi connectivity index (χ0n) is 13.0. The smallest absolute Gasteiger partial charge is 0.319 e. The van der Waals surface area contributed by atoms with E-state index in [0.717, 1.165) is 15.7 Å². The van der Waals surface area contributed by atoms with E-state index in [1.165, 1.54) is 0 Å². The van der Waals surface area contributed by atoms with Gasteiger partial charge < -0.3 is 10.6 Å². The number of carbonyl (C=O) groups is 1. The van der Waals surface area contributed by atoms with Gasteiger partial charge in [-0.3, -0.25) is 0 Å². The van der Waals surface area contributed by atoms with Gasteiger partial charge in [-0.05, 0) is 48.4 Å². The lowest BCUT2D eigenvalue weighted by molar-refractivity contribution is 0.251. The summed E-state index contributed by atoms with van der Waals surface area (Å²) in [5.74, 6) is 1.22. The second kappa shape index (κ2) is 9.42. The third-order valence-electron chi connectivity index (χ3n) is 3.14. The number of anilines is 1. The summed E-state index contributed by atoms with van der Waals surface area (Å²) in [5.41, 5.74) is 0.602. The molecule has 0 aliphatic carbocycles. The third kappa shape index (κ3) is 6.44. The van der Waals surface area contributed by atoms with Crippen molar-refractivity contribution in [2.75, 3.05) is 17.6 Å². The Hall–Kier alpha value is -1.07. The van der Waals surface area contributed by atoms with Crippen molar-refractivity contribution in [2.45, 2.75) is 11.8 Å². The Bertz CT molecular complexity index is 695. The molecule has 0 heterocycles. The maximum Gasteiger partial charge on any atom is 0.319 e. The topological polar surface area (TPSA) is 41.1 Å². The molecule has 2 aromatic rings. The maximum atomic E-state index is 11.9. The number of hydrogen-bond acceptors (Lipinski definition) is 2. The lowest BCUT2D eigenvalue weighted by Crippen LogP contribution is -2.32. The molecule has 2 N–H and O–H groups in total. The van der Waals surface area contributed by atoms with Crippen LogP contribution in [0.15, 0.2) is 47.4 Å². The van der Waals surface area contributed by atoms with Gasteiger partial charge in [-0.1, -0.05) is 41.7 Å². The van der Waals surface area contributed by atoms with E-state index in [1.807, 2.05) is 24.3 Å². The van der Waals surface area contributed by atoms with Crippen LogP contribution in [0.4, 0.5) is 10.5 Å². The summed E-state index contributed by atoms with van der Waals surface area (Å²) < 4.78 is 0. The third-order valence-corrected chi connectivity index (χ3v) is 5.47. The first-order chi connectivity index (χ1) is 11.4. The van der Waals surface area contributed by atoms with Gasteiger partial charge in [-0.2, -0.15) is 0 Å². The molecule has 128 valence electrons. The number of urea groups is 1. The Morgan fingerprint density at radius 2 is 1.79 bits per heavy atom. The van der Waals surface area contributed by atoms with Crippen LogP contribution in [0.1, 0.15) is 6.92 Å². The molecule has 0 unspecified atom stereocenters. The van der Waals surface area contributed by atoms with E-state index in [-0.39, 0.29) is 6.03 Å². The number of nitrogens with one attached hydrogen (secondary N) is 2. The van der Waals surface area contributed by atoms with Gasteiger partial charge in [0.1, 0.15) is 0 Å². The normalized spacial score (nSPS) is 11.8. The number of carbonyl (C=O) groups excluding carboxylic acids is 1. The average Bonchev–Trinajstić information content (AvgIpc) is 2.56. The van der Waals surface area contributed by atoms with Crippen LogP contribution in [-0.4, -0.2) is 18.3 Å². The number of benzene rings is 2. The van der Waals surface area contributed by atoms with Gasteiger partial charge in [-0.25, -0.2) is 4.79 Å². The molecule has 2 aromatic carbocycles. The van der Waals surface area contributed by atoms with Crippen LogP contribution in [-0.2, 0) is 0 Å². The summed E-state index contributed by atoms with van der Waals surface area (Å²) in [6.45, 7) is 2.66. The van der Waals surface area contributed by atoms with E-state index in [2.05, 4.69) is 17.6 Å². The second-order valence-electron chi connectivity index (χ2n) is 5.33. The van der Waals surface area contributed by atoms with E-state index in [0.29, 0.717) is 28.2 Å². The first-order valence-electron chi connectivity index (χ1n) is 7.32. The van der Waals surface area contributed by atoms with Crippen LogP contribution in [0.5, 0.6) is 0 Å². The highest BCUT2D eigenvalue weighted by atomic mass is 35.5. The van der Waals surface area contributed by atoms with Crippen LogP contribution in [0, 0.1) is 5.92 Å². The molecule has 1 atom stereocenters. The predicted molar refractivity (Wildman–Crippen MR) is 105 cm³/mol. The van der Waals surface area contributed by atoms with Gasteiger partial charge in [0.2, 0.25) is 0 Å². The Balaban J connectivity index is 1.72. The fourth-order valence-corrected chi connectivity index (χ4v) is 3.19. The van der Waals surface area contributed by atoms with Crippen molar-refractivity contribution < 1.29 is 4.79 Å². The summed E-state index contributed by atoms with van der Waals surface area (Å²) in [5, 5.41) is 7.17. The van der Waals surface area contributed by atoms with Crippen molar-refractivity contribution in [3.05, 3.63) is 57.5 Å². The fraction of sp³-hybridized carbons (Fsp3) is 0.235. The molecule has 3 nitrogen and oxygen atoms in total. The summed E-state index contributed by atoms with van der Waals surface area (Å²) in [6.07, 6.45) is 0. The summed E-state index contributed by atoms with van der Waals surface area (Å²) in [4.78, 5) is 13.1.